The highest BCUT2D eigenvalue weighted by Crippen LogP contribution is 2.23. The van der Waals surface area contributed by atoms with E-state index in [0.717, 1.165) is 68.7 Å². The van der Waals surface area contributed by atoms with E-state index in [4.69, 9.17) is 0 Å². The van der Waals surface area contributed by atoms with Gasteiger partial charge in [0, 0.05) is 37.8 Å². The molecule has 5 rings (SSSR count). The molecule has 0 bridgehead atoms. The highest BCUT2D eigenvalue weighted by Gasteiger charge is 2.27. The predicted molar refractivity (Wildman–Crippen MR) is 109 cm³/mol. The minimum Gasteiger partial charge on any atom is -0.337 e. The molecule has 8 heteroatoms. The summed E-state index contributed by atoms with van der Waals surface area (Å²) in [5, 5.41) is 16.8. The molecule has 2 saturated heterocycles. The first kappa shape index (κ1) is 18.3. The van der Waals surface area contributed by atoms with Gasteiger partial charge in [0.2, 0.25) is 0 Å². The van der Waals surface area contributed by atoms with Crippen LogP contribution in [0.15, 0.2) is 30.5 Å². The molecule has 1 amide bonds. The molecule has 0 aliphatic carbocycles. The van der Waals surface area contributed by atoms with Crippen molar-refractivity contribution >= 4 is 16.8 Å². The van der Waals surface area contributed by atoms with Gasteiger partial charge in [-0.25, -0.2) is 0 Å². The van der Waals surface area contributed by atoms with Crippen molar-refractivity contribution in [3.63, 3.8) is 0 Å². The van der Waals surface area contributed by atoms with E-state index in [0.29, 0.717) is 11.6 Å². The van der Waals surface area contributed by atoms with Crippen LogP contribution in [0.3, 0.4) is 0 Å². The SMILES string of the molecule is O=C(c1n[nH]c2ccccc12)N1CCC[C@H](Cn2cc(CN3CCCC3)nn2)C1. The number of likely N-dealkylation sites (tertiary alicyclic amines) is 2. The van der Waals surface area contributed by atoms with Gasteiger partial charge >= 0.3 is 0 Å². The average molecular weight is 393 g/mol. The number of H-pyrrole nitrogens is 1. The maximum Gasteiger partial charge on any atom is 0.275 e. The summed E-state index contributed by atoms with van der Waals surface area (Å²) >= 11 is 0. The van der Waals surface area contributed by atoms with Crippen molar-refractivity contribution in [3.05, 3.63) is 41.9 Å². The Hall–Kier alpha value is -2.74. The number of piperidine rings is 1. The van der Waals surface area contributed by atoms with Crippen LogP contribution in [0.1, 0.15) is 41.9 Å². The van der Waals surface area contributed by atoms with Crippen LogP contribution < -0.4 is 0 Å². The number of benzene rings is 1. The number of aromatic amines is 1. The molecule has 2 aliphatic heterocycles. The number of aromatic nitrogens is 5. The lowest BCUT2D eigenvalue weighted by atomic mass is 9.97. The highest BCUT2D eigenvalue weighted by molar-refractivity contribution is 6.04. The van der Waals surface area contributed by atoms with Crippen LogP contribution in [0, 0.1) is 5.92 Å². The maximum absolute atomic E-state index is 13.1. The Labute approximate surface area is 169 Å². The summed E-state index contributed by atoms with van der Waals surface area (Å²) in [7, 11) is 0. The van der Waals surface area contributed by atoms with Gasteiger partial charge in [-0.05, 0) is 50.8 Å². The molecule has 4 heterocycles. The Bertz CT molecular complexity index is 988. The molecule has 1 N–H and O–H groups in total. The Balaban J connectivity index is 1.23. The quantitative estimate of drug-likeness (QED) is 0.719. The molecule has 2 fully saturated rings. The molecule has 29 heavy (non-hydrogen) atoms. The van der Waals surface area contributed by atoms with Gasteiger partial charge < -0.3 is 4.90 Å². The molecule has 0 unspecified atom stereocenters. The fraction of sp³-hybridized carbons (Fsp3) is 0.524. The fourth-order valence-corrected chi connectivity index (χ4v) is 4.61. The van der Waals surface area contributed by atoms with Crippen molar-refractivity contribution in [2.75, 3.05) is 26.2 Å². The molecule has 0 spiro atoms. The maximum atomic E-state index is 13.1. The van der Waals surface area contributed by atoms with Crippen molar-refractivity contribution < 1.29 is 4.79 Å². The average Bonchev–Trinajstić information content (AvgIpc) is 3.49. The molecule has 152 valence electrons. The number of amides is 1. The Morgan fingerprint density at radius 2 is 2.00 bits per heavy atom. The van der Waals surface area contributed by atoms with Crippen molar-refractivity contribution in [2.45, 2.75) is 38.8 Å². The summed E-state index contributed by atoms with van der Waals surface area (Å²) in [4.78, 5) is 17.5. The summed E-state index contributed by atoms with van der Waals surface area (Å²) in [6, 6.07) is 7.78. The second-order valence-electron chi connectivity index (χ2n) is 8.29. The lowest BCUT2D eigenvalue weighted by molar-refractivity contribution is 0.0655. The zero-order valence-corrected chi connectivity index (χ0v) is 16.6. The van der Waals surface area contributed by atoms with Crippen LogP contribution in [0.2, 0.25) is 0 Å². The van der Waals surface area contributed by atoms with E-state index >= 15 is 0 Å². The van der Waals surface area contributed by atoms with Crippen LogP contribution >= 0.6 is 0 Å². The summed E-state index contributed by atoms with van der Waals surface area (Å²) < 4.78 is 1.95. The Kier molecular flexibility index (Phi) is 5.01. The standard InChI is InChI=1S/C21H27N7O/c29-21(20-18-7-1-2-8-19(18)23-24-20)27-11-5-6-16(12-27)13-28-15-17(22-25-28)14-26-9-3-4-10-26/h1-2,7-8,15-16H,3-6,9-14H2,(H,23,24)/t16-/m0/s1. The van der Waals surface area contributed by atoms with E-state index in [-0.39, 0.29) is 5.91 Å². The monoisotopic (exact) mass is 393 g/mol. The summed E-state index contributed by atoms with van der Waals surface area (Å²) in [6.45, 7) is 5.54. The predicted octanol–water partition coefficient (Wildman–Crippen LogP) is 2.30. The second kappa shape index (κ2) is 7.94. The molecule has 8 nitrogen and oxygen atoms in total. The van der Waals surface area contributed by atoms with E-state index in [1.165, 1.54) is 12.8 Å². The van der Waals surface area contributed by atoms with E-state index in [1.807, 2.05) is 33.8 Å². The topological polar surface area (TPSA) is 82.9 Å². The number of para-hydroxylation sites is 1. The molecule has 3 aromatic rings. The van der Waals surface area contributed by atoms with Crippen molar-refractivity contribution in [2.24, 2.45) is 5.92 Å². The van der Waals surface area contributed by atoms with Crippen molar-refractivity contribution in [1.82, 2.24) is 35.0 Å². The van der Waals surface area contributed by atoms with E-state index in [9.17, 15) is 4.79 Å². The molecule has 1 aromatic carbocycles. The number of carbonyl (C=O) groups excluding carboxylic acids is 1. The van der Waals surface area contributed by atoms with Crippen molar-refractivity contribution in [1.29, 1.82) is 0 Å². The van der Waals surface area contributed by atoms with Gasteiger partial charge in [-0.3, -0.25) is 19.5 Å². The third-order valence-electron chi connectivity index (χ3n) is 6.09. The smallest absolute Gasteiger partial charge is 0.275 e. The molecule has 2 aromatic heterocycles. The normalized spacial score (nSPS) is 20.6. The number of nitrogens with zero attached hydrogens (tertiary/aromatic N) is 6. The van der Waals surface area contributed by atoms with Gasteiger partial charge in [0.15, 0.2) is 5.69 Å². The summed E-state index contributed by atoms with van der Waals surface area (Å²) in [6.07, 6.45) is 6.75. The number of hydrogen-bond donors (Lipinski definition) is 1. The minimum absolute atomic E-state index is 0.0143. The zero-order valence-electron chi connectivity index (χ0n) is 16.6. The van der Waals surface area contributed by atoms with Gasteiger partial charge in [-0.2, -0.15) is 5.10 Å². The van der Waals surface area contributed by atoms with Gasteiger partial charge in [-0.15, -0.1) is 5.10 Å². The molecule has 0 radical (unpaired) electrons. The van der Waals surface area contributed by atoms with Gasteiger partial charge in [-0.1, -0.05) is 23.4 Å². The fourth-order valence-electron chi connectivity index (χ4n) is 4.61. The zero-order chi connectivity index (χ0) is 19.6. The van der Waals surface area contributed by atoms with Gasteiger partial charge in [0.05, 0.1) is 11.2 Å². The third kappa shape index (κ3) is 3.89. The summed E-state index contributed by atoms with van der Waals surface area (Å²) in [5.74, 6) is 0.403. The van der Waals surface area contributed by atoms with E-state index in [1.54, 1.807) is 0 Å². The van der Waals surface area contributed by atoms with E-state index < -0.39 is 0 Å². The van der Waals surface area contributed by atoms with E-state index in [2.05, 4.69) is 31.6 Å². The number of fused-ring (bicyclic) bond motifs is 1. The van der Waals surface area contributed by atoms with Crippen LogP contribution in [0.4, 0.5) is 0 Å². The lowest BCUT2D eigenvalue weighted by Crippen LogP contribution is -2.41. The molecule has 1 atom stereocenters. The third-order valence-corrected chi connectivity index (χ3v) is 6.09. The van der Waals surface area contributed by atoms with Crippen molar-refractivity contribution in [3.8, 4) is 0 Å². The van der Waals surface area contributed by atoms with Gasteiger partial charge in [0.25, 0.3) is 5.91 Å². The van der Waals surface area contributed by atoms with Crippen LogP contribution in [0.25, 0.3) is 10.9 Å². The van der Waals surface area contributed by atoms with Crippen LogP contribution in [-0.4, -0.2) is 67.1 Å². The first-order valence-electron chi connectivity index (χ1n) is 10.6. The van der Waals surface area contributed by atoms with Gasteiger partial charge in [0.1, 0.15) is 0 Å². The first-order chi connectivity index (χ1) is 14.3. The van der Waals surface area contributed by atoms with Crippen LogP contribution in [0.5, 0.6) is 0 Å². The highest BCUT2D eigenvalue weighted by atomic mass is 16.2. The first-order valence-corrected chi connectivity index (χ1v) is 10.6. The molecular formula is C21H27N7O. The number of nitrogens with one attached hydrogen (secondary N) is 1. The summed E-state index contributed by atoms with van der Waals surface area (Å²) in [5.41, 5.74) is 2.46. The largest absolute Gasteiger partial charge is 0.337 e. The minimum atomic E-state index is 0.0143. The van der Waals surface area contributed by atoms with Crippen LogP contribution in [-0.2, 0) is 13.1 Å². The molecule has 0 saturated carbocycles. The lowest BCUT2D eigenvalue weighted by Gasteiger charge is -2.32. The number of hydrogen-bond acceptors (Lipinski definition) is 5. The Morgan fingerprint density at radius 3 is 2.90 bits per heavy atom. The number of carbonyl (C=O) groups is 1. The number of rotatable bonds is 5. The molecular weight excluding hydrogens is 366 g/mol. The molecule has 2 aliphatic rings. The Morgan fingerprint density at radius 1 is 1.14 bits per heavy atom. The second-order valence-corrected chi connectivity index (χ2v) is 8.29.